The van der Waals surface area contributed by atoms with Crippen LogP contribution in [-0.2, 0) is 13.1 Å². The molecule has 144 valence electrons. The predicted molar refractivity (Wildman–Crippen MR) is 109 cm³/mol. The van der Waals surface area contributed by atoms with E-state index in [1.165, 1.54) is 44.3 Å². The van der Waals surface area contributed by atoms with Crippen LogP contribution in [0.5, 0.6) is 5.75 Å². The maximum Gasteiger partial charge on any atom is 0.251 e. The molecule has 1 aliphatic heterocycles. The quantitative estimate of drug-likeness (QED) is 0.790. The van der Waals surface area contributed by atoms with Crippen LogP contribution in [0.3, 0.4) is 0 Å². The van der Waals surface area contributed by atoms with Gasteiger partial charge in [-0.15, -0.1) is 0 Å². The molecule has 0 aliphatic carbocycles. The lowest BCUT2D eigenvalue weighted by atomic mass is 10.1. The second kappa shape index (κ2) is 10.1. The van der Waals surface area contributed by atoms with E-state index in [0.29, 0.717) is 18.7 Å². The molecule has 2 aromatic rings. The maximum atomic E-state index is 12.4. The highest BCUT2D eigenvalue weighted by molar-refractivity contribution is 5.94. The Morgan fingerprint density at radius 3 is 2.44 bits per heavy atom. The molecule has 0 aromatic heterocycles. The van der Waals surface area contributed by atoms with Gasteiger partial charge in [-0.05, 0) is 68.2 Å². The zero-order valence-corrected chi connectivity index (χ0v) is 16.2. The van der Waals surface area contributed by atoms with Crippen molar-refractivity contribution in [2.45, 2.75) is 45.7 Å². The molecular formula is C23H30N2O2. The zero-order chi connectivity index (χ0) is 18.9. The predicted octanol–water partition coefficient (Wildman–Crippen LogP) is 4.39. The number of carbonyl (C=O) groups excluding carboxylic acids is 1. The molecule has 0 saturated carbocycles. The van der Waals surface area contributed by atoms with E-state index in [1.807, 2.05) is 43.3 Å². The minimum atomic E-state index is -0.0434. The highest BCUT2D eigenvalue weighted by Crippen LogP contribution is 2.15. The van der Waals surface area contributed by atoms with E-state index in [-0.39, 0.29) is 5.91 Å². The van der Waals surface area contributed by atoms with Crippen molar-refractivity contribution >= 4 is 5.91 Å². The molecule has 1 fully saturated rings. The van der Waals surface area contributed by atoms with E-state index in [0.717, 1.165) is 17.9 Å². The Morgan fingerprint density at radius 2 is 1.74 bits per heavy atom. The minimum Gasteiger partial charge on any atom is -0.494 e. The van der Waals surface area contributed by atoms with Crippen LogP contribution < -0.4 is 10.1 Å². The van der Waals surface area contributed by atoms with Crippen LogP contribution in [0.15, 0.2) is 48.5 Å². The SMILES string of the molecule is CCOc1cccc(CNC(=O)c2ccc(CN3CCCCCC3)cc2)c1. The summed E-state index contributed by atoms with van der Waals surface area (Å²) in [5.74, 6) is 0.792. The van der Waals surface area contributed by atoms with Gasteiger partial charge in [0.15, 0.2) is 0 Å². The first-order chi connectivity index (χ1) is 13.2. The standard InChI is InChI=1S/C23H30N2O2/c1-2-27-22-9-7-8-20(16-22)17-24-23(26)21-12-10-19(11-13-21)18-25-14-5-3-4-6-15-25/h7-13,16H,2-6,14-15,17-18H2,1H3,(H,24,26). The van der Waals surface area contributed by atoms with Crippen molar-refractivity contribution in [3.8, 4) is 5.75 Å². The van der Waals surface area contributed by atoms with E-state index >= 15 is 0 Å². The molecule has 27 heavy (non-hydrogen) atoms. The molecule has 1 saturated heterocycles. The van der Waals surface area contributed by atoms with E-state index in [4.69, 9.17) is 4.74 Å². The van der Waals surface area contributed by atoms with Crippen LogP contribution in [0.1, 0.15) is 54.1 Å². The minimum absolute atomic E-state index is 0.0434. The van der Waals surface area contributed by atoms with Crippen LogP contribution in [-0.4, -0.2) is 30.5 Å². The Balaban J connectivity index is 1.52. The molecule has 0 spiro atoms. The first kappa shape index (κ1) is 19.4. The van der Waals surface area contributed by atoms with Crippen molar-refractivity contribution in [1.29, 1.82) is 0 Å². The van der Waals surface area contributed by atoms with Crippen LogP contribution in [0.4, 0.5) is 0 Å². The lowest BCUT2D eigenvalue weighted by Gasteiger charge is -2.19. The summed E-state index contributed by atoms with van der Waals surface area (Å²) in [4.78, 5) is 14.9. The summed E-state index contributed by atoms with van der Waals surface area (Å²) in [5, 5.41) is 2.99. The smallest absolute Gasteiger partial charge is 0.251 e. The number of nitrogens with one attached hydrogen (secondary N) is 1. The first-order valence-corrected chi connectivity index (χ1v) is 10.1. The molecule has 1 amide bonds. The van der Waals surface area contributed by atoms with E-state index in [2.05, 4.69) is 22.3 Å². The van der Waals surface area contributed by atoms with E-state index in [1.54, 1.807) is 0 Å². The molecule has 3 rings (SSSR count). The maximum absolute atomic E-state index is 12.4. The molecule has 0 unspecified atom stereocenters. The molecule has 0 radical (unpaired) electrons. The molecule has 0 bridgehead atoms. The lowest BCUT2D eigenvalue weighted by Crippen LogP contribution is -2.24. The van der Waals surface area contributed by atoms with Crippen LogP contribution in [0.2, 0.25) is 0 Å². The summed E-state index contributed by atoms with van der Waals surface area (Å²) < 4.78 is 5.50. The number of benzene rings is 2. The number of ether oxygens (including phenoxy) is 1. The number of hydrogen-bond acceptors (Lipinski definition) is 3. The average Bonchev–Trinajstić information content (AvgIpc) is 2.96. The number of carbonyl (C=O) groups is 1. The molecule has 1 heterocycles. The number of likely N-dealkylation sites (tertiary alicyclic amines) is 1. The summed E-state index contributed by atoms with van der Waals surface area (Å²) in [6, 6.07) is 15.9. The van der Waals surface area contributed by atoms with Gasteiger partial charge in [-0.25, -0.2) is 0 Å². The molecule has 0 atom stereocenters. The first-order valence-electron chi connectivity index (χ1n) is 10.1. The molecule has 1 N–H and O–H groups in total. The van der Waals surface area contributed by atoms with Crippen LogP contribution in [0.25, 0.3) is 0 Å². The second-order valence-electron chi connectivity index (χ2n) is 7.15. The number of nitrogens with zero attached hydrogens (tertiary/aromatic N) is 1. The average molecular weight is 367 g/mol. The van der Waals surface area contributed by atoms with Crippen molar-refractivity contribution in [3.63, 3.8) is 0 Å². The fraction of sp³-hybridized carbons (Fsp3) is 0.435. The highest BCUT2D eigenvalue weighted by Gasteiger charge is 2.10. The number of hydrogen-bond donors (Lipinski definition) is 1. The molecular weight excluding hydrogens is 336 g/mol. The van der Waals surface area contributed by atoms with Crippen molar-refractivity contribution in [1.82, 2.24) is 10.2 Å². The fourth-order valence-electron chi connectivity index (χ4n) is 3.51. The largest absolute Gasteiger partial charge is 0.494 e. The van der Waals surface area contributed by atoms with Gasteiger partial charge in [0.05, 0.1) is 6.61 Å². The fourth-order valence-corrected chi connectivity index (χ4v) is 3.51. The van der Waals surface area contributed by atoms with Crippen LogP contribution in [0, 0.1) is 0 Å². The van der Waals surface area contributed by atoms with Gasteiger partial charge in [0.1, 0.15) is 5.75 Å². The van der Waals surface area contributed by atoms with Gasteiger partial charge in [-0.1, -0.05) is 37.1 Å². The Hall–Kier alpha value is -2.33. The Morgan fingerprint density at radius 1 is 1.00 bits per heavy atom. The van der Waals surface area contributed by atoms with Gasteiger partial charge in [0.25, 0.3) is 5.91 Å². The van der Waals surface area contributed by atoms with Gasteiger partial charge in [0.2, 0.25) is 0 Å². The summed E-state index contributed by atoms with van der Waals surface area (Å²) in [7, 11) is 0. The Labute approximate surface area is 162 Å². The van der Waals surface area contributed by atoms with E-state index < -0.39 is 0 Å². The van der Waals surface area contributed by atoms with Gasteiger partial charge < -0.3 is 10.1 Å². The Kier molecular flexibility index (Phi) is 7.28. The van der Waals surface area contributed by atoms with Gasteiger partial charge in [0, 0.05) is 18.7 Å². The third kappa shape index (κ3) is 6.10. The summed E-state index contributed by atoms with van der Waals surface area (Å²) >= 11 is 0. The number of amides is 1. The Bertz CT molecular complexity index is 719. The molecule has 1 aliphatic rings. The van der Waals surface area contributed by atoms with E-state index in [9.17, 15) is 4.79 Å². The lowest BCUT2D eigenvalue weighted by molar-refractivity contribution is 0.0951. The second-order valence-corrected chi connectivity index (χ2v) is 7.15. The van der Waals surface area contributed by atoms with Crippen molar-refractivity contribution in [2.75, 3.05) is 19.7 Å². The normalized spacial score (nSPS) is 15.1. The summed E-state index contributed by atoms with van der Waals surface area (Å²) in [6.07, 6.45) is 5.29. The van der Waals surface area contributed by atoms with Gasteiger partial charge in [-0.2, -0.15) is 0 Å². The summed E-state index contributed by atoms with van der Waals surface area (Å²) in [5.41, 5.74) is 3.01. The summed E-state index contributed by atoms with van der Waals surface area (Å²) in [6.45, 7) is 6.44. The highest BCUT2D eigenvalue weighted by atomic mass is 16.5. The monoisotopic (exact) mass is 366 g/mol. The van der Waals surface area contributed by atoms with Crippen molar-refractivity contribution in [3.05, 3.63) is 65.2 Å². The van der Waals surface area contributed by atoms with Gasteiger partial charge >= 0.3 is 0 Å². The van der Waals surface area contributed by atoms with Crippen molar-refractivity contribution < 1.29 is 9.53 Å². The van der Waals surface area contributed by atoms with Crippen molar-refractivity contribution in [2.24, 2.45) is 0 Å². The topological polar surface area (TPSA) is 41.6 Å². The molecule has 4 nitrogen and oxygen atoms in total. The van der Waals surface area contributed by atoms with Gasteiger partial charge in [-0.3, -0.25) is 9.69 Å². The molecule has 2 aromatic carbocycles. The molecule has 4 heteroatoms. The number of rotatable bonds is 7. The third-order valence-electron chi connectivity index (χ3n) is 4.98. The zero-order valence-electron chi connectivity index (χ0n) is 16.2. The van der Waals surface area contributed by atoms with Crippen LogP contribution >= 0.6 is 0 Å². The third-order valence-corrected chi connectivity index (χ3v) is 4.98.